The van der Waals surface area contributed by atoms with Crippen molar-refractivity contribution in [2.75, 3.05) is 12.4 Å². The van der Waals surface area contributed by atoms with Crippen LogP contribution in [0.25, 0.3) is 0 Å². The van der Waals surface area contributed by atoms with Crippen LogP contribution >= 0.6 is 15.9 Å². The van der Waals surface area contributed by atoms with Crippen LogP contribution in [0.5, 0.6) is 0 Å². The maximum atomic E-state index is 12.0. The van der Waals surface area contributed by atoms with Gasteiger partial charge in [-0.25, -0.2) is 8.42 Å². The molecule has 1 atom stereocenters. The maximum Gasteiger partial charge on any atom is 0.309 e. The van der Waals surface area contributed by atoms with E-state index in [0.717, 1.165) is 4.47 Å². The van der Waals surface area contributed by atoms with Gasteiger partial charge in [-0.2, -0.15) is 0 Å². The topological polar surface area (TPSA) is 60.4 Å². The van der Waals surface area contributed by atoms with Crippen molar-refractivity contribution in [1.29, 1.82) is 0 Å². The Morgan fingerprint density at radius 2 is 1.89 bits per heavy atom. The first-order valence-electron chi connectivity index (χ1n) is 5.51. The highest BCUT2D eigenvalue weighted by molar-refractivity contribution is 9.10. The van der Waals surface area contributed by atoms with Crippen molar-refractivity contribution >= 4 is 31.7 Å². The van der Waals surface area contributed by atoms with Crippen LogP contribution in [-0.4, -0.2) is 26.7 Å². The van der Waals surface area contributed by atoms with Crippen molar-refractivity contribution < 1.29 is 17.9 Å². The fourth-order valence-corrected chi connectivity index (χ4v) is 3.22. The van der Waals surface area contributed by atoms with Gasteiger partial charge < -0.3 is 4.74 Å². The van der Waals surface area contributed by atoms with Crippen LogP contribution in [0.15, 0.2) is 33.6 Å². The van der Waals surface area contributed by atoms with Crippen molar-refractivity contribution in [3.63, 3.8) is 0 Å². The third kappa shape index (κ3) is 4.10. The van der Waals surface area contributed by atoms with E-state index in [2.05, 4.69) is 15.9 Å². The Hall–Kier alpha value is -0.880. The fourth-order valence-electron chi connectivity index (χ4n) is 1.42. The lowest BCUT2D eigenvalue weighted by atomic mass is 10.2. The molecular weight excluding hydrogens is 320 g/mol. The van der Waals surface area contributed by atoms with Gasteiger partial charge in [-0.15, -0.1) is 0 Å². The Labute approximate surface area is 115 Å². The molecule has 0 aliphatic rings. The van der Waals surface area contributed by atoms with Crippen LogP contribution in [0.1, 0.15) is 13.8 Å². The third-order valence-corrected chi connectivity index (χ3v) is 4.79. The summed E-state index contributed by atoms with van der Waals surface area (Å²) in [4.78, 5) is 11.6. The second-order valence-corrected chi connectivity index (χ2v) is 6.84. The van der Waals surface area contributed by atoms with Gasteiger partial charge in [0.1, 0.15) is 0 Å². The minimum absolute atomic E-state index is 0.210. The number of halogens is 1. The highest BCUT2D eigenvalue weighted by atomic mass is 79.9. The number of hydrogen-bond donors (Lipinski definition) is 0. The lowest BCUT2D eigenvalue weighted by Crippen LogP contribution is -2.23. The van der Waals surface area contributed by atoms with E-state index in [0.29, 0.717) is 0 Å². The number of carbonyl (C=O) groups excluding carboxylic acids is 1. The molecule has 6 heteroatoms. The second-order valence-electron chi connectivity index (χ2n) is 3.89. The summed E-state index contributed by atoms with van der Waals surface area (Å²) in [5, 5.41) is 0. The van der Waals surface area contributed by atoms with E-state index in [9.17, 15) is 13.2 Å². The highest BCUT2D eigenvalue weighted by Gasteiger charge is 2.23. The number of sulfone groups is 1. The van der Waals surface area contributed by atoms with Crippen molar-refractivity contribution in [3.05, 3.63) is 28.7 Å². The third-order valence-electron chi connectivity index (χ3n) is 2.33. The van der Waals surface area contributed by atoms with Crippen LogP contribution < -0.4 is 0 Å². The van der Waals surface area contributed by atoms with Gasteiger partial charge in [-0.1, -0.05) is 22.9 Å². The lowest BCUT2D eigenvalue weighted by molar-refractivity contribution is -0.146. The Morgan fingerprint density at radius 1 is 1.33 bits per heavy atom. The number of hydrogen-bond acceptors (Lipinski definition) is 4. The maximum absolute atomic E-state index is 12.0. The van der Waals surface area contributed by atoms with Crippen LogP contribution in [0.2, 0.25) is 0 Å². The molecule has 0 amide bonds. The zero-order valence-electron chi connectivity index (χ0n) is 10.2. The molecule has 0 N–H and O–H groups in total. The normalized spacial score (nSPS) is 13.1. The van der Waals surface area contributed by atoms with Crippen LogP contribution in [0.4, 0.5) is 0 Å². The average Bonchev–Trinajstić information content (AvgIpc) is 2.29. The standard InChI is InChI=1S/C12H15BrO4S/c1-3-17-12(14)9(2)8-18(15,16)11-6-4-10(13)5-7-11/h4-7,9H,3,8H2,1-2H3. The zero-order chi connectivity index (χ0) is 13.8. The highest BCUT2D eigenvalue weighted by Crippen LogP contribution is 2.18. The predicted molar refractivity (Wildman–Crippen MR) is 72.0 cm³/mol. The van der Waals surface area contributed by atoms with Gasteiger partial charge in [0.15, 0.2) is 9.84 Å². The minimum Gasteiger partial charge on any atom is -0.466 e. The first kappa shape index (κ1) is 15.2. The van der Waals surface area contributed by atoms with Crippen molar-refractivity contribution in [2.45, 2.75) is 18.7 Å². The molecule has 0 aliphatic carbocycles. The molecule has 0 heterocycles. The van der Waals surface area contributed by atoms with Gasteiger partial charge in [0.2, 0.25) is 0 Å². The number of carbonyl (C=O) groups is 1. The number of esters is 1. The van der Waals surface area contributed by atoms with Crippen molar-refractivity contribution in [1.82, 2.24) is 0 Å². The number of benzene rings is 1. The van der Waals surface area contributed by atoms with Gasteiger partial charge in [0, 0.05) is 4.47 Å². The van der Waals surface area contributed by atoms with Gasteiger partial charge in [-0.05, 0) is 31.2 Å². The summed E-state index contributed by atoms with van der Waals surface area (Å²) in [6.07, 6.45) is 0. The first-order valence-corrected chi connectivity index (χ1v) is 7.96. The van der Waals surface area contributed by atoms with Gasteiger partial charge >= 0.3 is 5.97 Å². The summed E-state index contributed by atoms with van der Waals surface area (Å²) in [5.74, 6) is -1.40. The molecule has 4 nitrogen and oxygen atoms in total. The summed E-state index contributed by atoms with van der Waals surface area (Å²) >= 11 is 3.24. The van der Waals surface area contributed by atoms with E-state index >= 15 is 0 Å². The number of ether oxygens (including phenoxy) is 1. The molecule has 18 heavy (non-hydrogen) atoms. The molecule has 0 saturated carbocycles. The average molecular weight is 335 g/mol. The molecule has 0 radical (unpaired) electrons. The molecule has 0 saturated heterocycles. The fraction of sp³-hybridized carbons (Fsp3) is 0.417. The SMILES string of the molecule is CCOC(=O)C(C)CS(=O)(=O)c1ccc(Br)cc1. The van der Waals surface area contributed by atoms with Gasteiger partial charge in [0.05, 0.1) is 23.2 Å². The van der Waals surface area contributed by atoms with E-state index in [1.807, 2.05) is 0 Å². The Kier molecular flexibility index (Phi) is 5.34. The summed E-state index contributed by atoms with van der Waals surface area (Å²) in [6, 6.07) is 6.33. The minimum atomic E-state index is -3.46. The molecule has 0 aromatic heterocycles. The Balaban J connectivity index is 2.82. The molecular formula is C12H15BrO4S. The zero-order valence-corrected chi connectivity index (χ0v) is 12.6. The summed E-state index contributed by atoms with van der Waals surface area (Å²) < 4.78 is 29.7. The summed E-state index contributed by atoms with van der Waals surface area (Å²) in [7, 11) is -3.46. The molecule has 0 aliphatic heterocycles. The van der Waals surface area contributed by atoms with Crippen LogP contribution in [0.3, 0.4) is 0 Å². The van der Waals surface area contributed by atoms with Crippen molar-refractivity contribution in [2.24, 2.45) is 5.92 Å². The molecule has 0 spiro atoms. The summed E-state index contributed by atoms with van der Waals surface area (Å²) in [5.41, 5.74) is 0. The van der Waals surface area contributed by atoms with Crippen LogP contribution in [0, 0.1) is 5.92 Å². The molecule has 100 valence electrons. The number of rotatable bonds is 5. The second kappa shape index (κ2) is 6.33. The largest absolute Gasteiger partial charge is 0.466 e. The van der Waals surface area contributed by atoms with E-state index < -0.39 is 21.7 Å². The monoisotopic (exact) mass is 334 g/mol. The summed E-state index contributed by atoms with van der Waals surface area (Å²) in [6.45, 7) is 3.49. The Bertz CT molecular complexity index is 507. The van der Waals surface area contributed by atoms with Gasteiger partial charge in [0.25, 0.3) is 0 Å². The quantitative estimate of drug-likeness (QED) is 0.776. The van der Waals surface area contributed by atoms with E-state index in [4.69, 9.17) is 4.74 Å². The molecule has 0 fully saturated rings. The molecule has 1 rings (SSSR count). The van der Waals surface area contributed by atoms with E-state index in [1.54, 1.807) is 26.0 Å². The van der Waals surface area contributed by atoms with Gasteiger partial charge in [-0.3, -0.25) is 4.79 Å². The van der Waals surface area contributed by atoms with Crippen LogP contribution in [-0.2, 0) is 19.4 Å². The molecule has 1 aromatic rings. The van der Waals surface area contributed by atoms with Crippen molar-refractivity contribution in [3.8, 4) is 0 Å². The molecule has 1 aromatic carbocycles. The Morgan fingerprint density at radius 3 is 2.39 bits per heavy atom. The first-order chi connectivity index (χ1) is 8.36. The lowest BCUT2D eigenvalue weighted by Gasteiger charge is -2.11. The molecule has 0 bridgehead atoms. The predicted octanol–water partition coefficient (Wildman–Crippen LogP) is 2.42. The van der Waals surface area contributed by atoms with E-state index in [-0.39, 0.29) is 17.3 Å². The molecule has 1 unspecified atom stereocenters. The van der Waals surface area contributed by atoms with E-state index in [1.165, 1.54) is 12.1 Å². The smallest absolute Gasteiger partial charge is 0.309 e.